The standard InChI is InChI=1S/C9H7N3O2/c10-9-7-4-2-1-3-6(7)8(11-9)5-12(13)14/h1-5H,(H2,10,11)/b8-5+. The van der Waals surface area contributed by atoms with Gasteiger partial charge in [0.15, 0.2) is 0 Å². The smallest absolute Gasteiger partial charge is 0.260 e. The van der Waals surface area contributed by atoms with Crippen LogP contribution in [0.25, 0.3) is 5.70 Å². The average molecular weight is 189 g/mol. The molecular formula is C9H7N3O2. The van der Waals surface area contributed by atoms with Crippen molar-refractivity contribution in [3.63, 3.8) is 0 Å². The second-order valence-corrected chi connectivity index (χ2v) is 2.84. The summed E-state index contributed by atoms with van der Waals surface area (Å²) in [5, 5.41) is 10.3. The first-order valence-corrected chi connectivity index (χ1v) is 3.98. The van der Waals surface area contributed by atoms with E-state index < -0.39 is 4.92 Å². The zero-order chi connectivity index (χ0) is 10.1. The molecule has 1 aromatic carbocycles. The van der Waals surface area contributed by atoms with Crippen LogP contribution in [0.4, 0.5) is 0 Å². The van der Waals surface area contributed by atoms with Gasteiger partial charge in [-0.05, 0) is 0 Å². The number of nitrogens with two attached hydrogens (primary N) is 1. The Morgan fingerprint density at radius 1 is 1.36 bits per heavy atom. The molecule has 70 valence electrons. The first-order chi connectivity index (χ1) is 6.68. The molecule has 0 bridgehead atoms. The number of aliphatic imine (C=N–C) groups is 1. The largest absolute Gasteiger partial charge is 0.383 e. The summed E-state index contributed by atoms with van der Waals surface area (Å²) >= 11 is 0. The van der Waals surface area contributed by atoms with E-state index in [4.69, 9.17) is 5.73 Å². The first-order valence-electron chi connectivity index (χ1n) is 3.98. The molecule has 0 radical (unpaired) electrons. The summed E-state index contributed by atoms with van der Waals surface area (Å²) in [6.45, 7) is 0. The van der Waals surface area contributed by atoms with Gasteiger partial charge in [0.1, 0.15) is 11.5 Å². The van der Waals surface area contributed by atoms with Crippen molar-refractivity contribution in [3.05, 3.63) is 51.7 Å². The van der Waals surface area contributed by atoms with Gasteiger partial charge >= 0.3 is 0 Å². The molecule has 1 aliphatic rings. The van der Waals surface area contributed by atoms with E-state index in [-0.39, 0.29) is 0 Å². The fourth-order valence-corrected chi connectivity index (χ4v) is 1.38. The summed E-state index contributed by atoms with van der Waals surface area (Å²) < 4.78 is 0. The van der Waals surface area contributed by atoms with Gasteiger partial charge in [-0.25, -0.2) is 4.99 Å². The maximum absolute atomic E-state index is 10.3. The van der Waals surface area contributed by atoms with Crippen LogP contribution in [0.2, 0.25) is 0 Å². The molecule has 5 heteroatoms. The summed E-state index contributed by atoms with van der Waals surface area (Å²) in [6, 6.07) is 7.15. The Morgan fingerprint density at radius 2 is 2.00 bits per heavy atom. The zero-order valence-electron chi connectivity index (χ0n) is 7.18. The van der Waals surface area contributed by atoms with E-state index in [9.17, 15) is 10.1 Å². The van der Waals surface area contributed by atoms with Crippen LogP contribution in [-0.4, -0.2) is 10.8 Å². The van der Waals surface area contributed by atoms with Crippen molar-refractivity contribution < 1.29 is 4.92 Å². The second kappa shape index (κ2) is 2.95. The van der Waals surface area contributed by atoms with E-state index in [1.54, 1.807) is 18.2 Å². The lowest BCUT2D eigenvalue weighted by molar-refractivity contribution is -0.401. The van der Waals surface area contributed by atoms with Crippen molar-refractivity contribution in [2.24, 2.45) is 10.7 Å². The fraction of sp³-hybridized carbons (Fsp3) is 0. The highest BCUT2D eigenvalue weighted by atomic mass is 16.6. The van der Waals surface area contributed by atoms with Crippen molar-refractivity contribution >= 4 is 11.5 Å². The van der Waals surface area contributed by atoms with Gasteiger partial charge in [-0.3, -0.25) is 10.1 Å². The molecule has 1 heterocycles. The van der Waals surface area contributed by atoms with E-state index in [1.165, 1.54) is 0 Å². The summed E-state index contributed by atoms with van der Waals surface area (Å²) in [5.74, 6) is 0.328. The van der Waals surface area contributed by atoms with Crippen molar-refractivity contribution in [3.8, 4) is 0 Å². The number of amidine groups is 1. The van der Waals surface area contributed by atoms with Gasteiger partial charge in [-0.2, -0.15) is 0 Å². The molecule has 5 nitrogen and oxygen atoms in total. The third kappa shape index (κ3) is 1.24. The predicted octanol–water partition coefficient (Wildman–Crippen LogP) is 0.981. The molecule has 14 heavy (non-hydrogen) atoms. The Kier molecular flexibility index (Phi) is 1.78. The number of fused-ring (bicyclic) bond motifs is 1. The zero-order valence-corrected chi connectivity index (χ0v) is 7.18. The van der Waals surface area contributed by atoms with Gasteiger partial charge in [0, 0.05) is 11.1 Å². The topological polar surface area (TPSA) is 81.5 Å². The Balaban J connectivity index is 2.57. The number of hydrogen-bond donors (Lipinski definition) is 1. The number of benzene rings is 1. The highest BCUT2D eigenvalue weighted by Gasteiger charge is 2.19. The lowest BCUT2D eigenvalue weighted by Crippen LogP contribution is -2.09. The summed E-state index contributed by atoms with van der Waals surface area (Å²) in [4.78, 5) is 13.7. The molecule has 1 aliphatic heterocycles. The predicted molar refractivity (Wildman–Crippen MR) is 52.1 cm³/mol. The quantitative estimate of drug-likeness (QED) is 0.528. The van der Waals surface area contributed by atoms with Crippen molar-refractivity contribution in [2.75, 3.05) is 0 Å². The van der Waals surface area contributed by atoms with Gasteiger partial charge in [0.05, 0.1) is 4.92 Å². The van der Waals surface area contributed by atoms with E-state index in [0.717, 1.165) is 11.8 Å². The van der Waals surface area contributed by atoms with Crippen LogP contribution in [-0.2, 0) is 0 Å². The number of nitrogens with zero attached hydrogens (tertiary/aromatic N) is 2. The average Bonchev–Trinajstić information content (AvgIpc) is 2.44. The van der Waals surface area contributed by atoms with Crippen molar-refractivity contribution in [2.45, 2.75) is 0 Å². The van der Waals surface area contributed by atoms with E-state index in [1.807, 2.05) is 6.07 Å². The maximum atomic E-state index is 10.3. The Bertz CT molecular complexity index is 463. The fourth-order valence-electron chi connectivity index (χ4n) is 1.38. The minimum Gasteiger partial charge on any atom is -0.383 e. The molecule has 1 aromatic rings. The first kappa shape index (κ1) is 8.43. The monoisotopic (exact) mass is 189 g/mol. The minimum atomic E-state index is -0.534. The van der Waals surface area contributed by atoms with Gasteiger partial charge in [-0.15, -0.1) is 0 Å². The normalized spacial score (nSPS) is 16.6. The third-order valence-corrected chi connectivity index (χ3v) is 1.95. The summed E-state index contributed by atoms with van der Waals surface area (Å²) in [7, 11) is 0. The molecule has 0 aliphatic carbocycles. The molecule has 2 N–H and O–H groups in total. The highest BCUT2D eigenvalue weighted by molar-refractivity contribution is 6.08. The van der Waals surface area contributed by atoms with E-state index >= 15 is 0 Å². The third-order valence-electron chi connectivity index (χ3n) is 1.95. The minimum absolute atomic E-state index is 0.308. The summed E-state index contributed by atoms with van der Waals surface area (Å²) in [6.07, 6.45) is 0.860. The lowest BCUT2D eigenvalue weighted by atomic mass is 10.1. The molecule has 0 saturated carbocycles. The van der Waals surface area contributed by atoms with Crippen molar-refractivity contribution in [1.82, 2.24) is 0 Å². The summed E-state index contributed by atoms with van der Waals surface area (Å²) in [5.41, 5.74) is 7.37. The molecule has 0 saturated heterocycles. The number of nitro groups is 1. The molecular weight excluding hydrogens is 182 g/mol. The van der Waals surface area contributed by atoms with Crippen LogP contribution in [0.3, 0.4) is 0 Å². The number of rotatable bonds is 1. The second-order valence-electron chi connectivity index (χ2n) is 2.84. The van der Waals surface area contributed by atoms with Crippen LogP contribution in [0, 0.1) is 10.1 Å². The van der Waals surface area contributed by atoms with Crippen LogP contribution in [0.1, 0.15) is 11.1 Å². The highest BCUT2D eigenvalue weighted by Crippen LogP contribution is 2.26. The van der Waals surface area contributed by atoms with Crippen LogP contribution >= 0.6 is 0 Å². The van der Waals surface area contributed by atoms with Gasteiger partial charge in [0.25, 0.3) is 6.20 Å². The van der Waals surface area contributed by atoms with Crippen LogP contribution in [0.15, 0.2) is 35.5 Å². The molecule has 0 spiro atoms. The Morgan fingerprint density at radius 3 is 2.64 bits per heavy atom. The van der Waals surface area contributed by atoms with Gasteiger partial charge in [-0.1, -0.05) is 24.3 Å². The van der Waals surface area contributed by atoms with Gasteiger partial charge < -0.3 is 5.73 Å². The van der Waals surface area contributed by atoms with Crippen LogP contribution < -0.4 is 5.73 Å². The Hall–Kier alpha value is -2.17. The Labute approximate surface area is 79.7 Å². The van der Waals surface area contributed by atoms with E-state index in [2.05, 4.69) is 4.99 Å². The SMILES string of the molecule is NC1=N/C(=C/[N+](=O)[O-])c2ccccc21. The molecule has 0 fully saturated rings. The molecule has 0 unspecified atom stereocenters. The molecule has 0 atom stereocenters. The van der Waals surface area contributed by atoms with Crippen molar-refractivity contribution in [1.29, 1.82) is 0 Å². The lowest BCUT2D eigenvalue weighted by Gasteiger charge is -1.95. The van der Waals surface area contributed by atoms with Gasteiger partial charge in [0.2, 0.25) is 0 Å². The maximum Gasteiger partial charge on any atom is 0.260 e. The molecule has 0 aromatic heterocycles. The number of hydrogen-bond acceptors (Lipinski definition) is 4. The molecule has 0 amide bonds. The molecule has 2 rings (SSSR count). The van der Waals surface area contributed by atoms with Crippen LogP contribution in [0.5, 0.6) is 0 Å². The van der Waals surface area contributed by atoms with E-state index in [0.29, 0.717) is 17.1 Å².